The largest absolute Gasteiger partial charge is 0.378 e. The second kappa shape index (κ2) is 7.83. The topological polar surface area (TPSA) is 131 Å². The third-order valence-corrected chi connectivity index (χ3v) is 3.38. The lowest BCUT2D eigenvalue weighted by Crippen LogP contribution is -2.18. The van der Waals surface area contributed by atoms with Gasteiger partial charge < -0.3 is 4.90 Å². The maximum absolute atomic E-state index is 12.1. The number of non-ortho nitro benzene ring substituents is 2. The Morgan fingerprint density at radius 2 is 1.58 bits per heavy atom. The van der Waals surface area contributed by atoms with E-state index < -0.39 is 27.1 Å². The maximum Gasteiger partial charge on any atom is 0.277 e. The lowest BCUT2D eigenvalue weighted by atomic mass is 10.1. The third kappa shape index (κ3) is 4.60. The highest BCUT2D eigenvalue weighted by atomic mass is 16.6. The molecule has 0 aliphatic heterocycles. The molecule has 0 atom stereocenters. The summed E-state index contributed by atoms with van der Waals surface area (Å²) in [5.74, 6) is -0.794. The van der Waals surface area contributed by atoms with Crippen molar-refractivity contribution in [2.75, 3.05) is 19.0 Å². The number of carbonyl (C=O) groups excluding carboxylic acids is 1. The van der Waals surface area contributed by atoms with Crippen LogP contribution in [0.5, 0.6) is 0 Å². The van der Waals surface area contributed by atoms with E-state index >= 15 is 0 Å². The number of anilines is 1. The average molecular weight is 357 g/mol. The van der Waals surface area contributed by atoms with Gasteiger partial charge in [-0.2, -0.15) is 5.10 Å². The van der Waals surface area contributed by atoms with Crippen molar-refractivity contribution in [3.05, 3.63) is 73.8 Å². The monoisotopic (exact) mass is 357 g/mol. The molecule has 0 spiro atoms. The van der Waals surface area contributed by atoms with E-state index in [1.54, 1.807) is 12.1 Å². The number of nitro groups is 2. The minimum atomic E-state index is -0.806. The summed E-state index contributed by atoms with van der Waals surface area (Å²) < 4.78 is 0. The lowest BCUT2D eigenvalue weighted by Gasteiger charge is -2.11. The first-order valence-corrected chi connectivity index (χ1v) is 7.32. The van der Waals surface area contributed by atoms with Gasteiger partial charge in [-0.05, 0) is 17.7 Å². The molecule has 10 nitrogen and oxygen atoms in total. The quantitative estimate of drug-likeness (QED) is 0.479. The number of hydrogen-bond donors (Lipinski definition) is 1. The summed E-state index contributed by atoms with van der Waals surface area (Å²) >= 11 is 0. The van der Waals surface area contributed by atoms with Crippen molar-refractivity contribution in [1.82, 2.24) is 5.43 Å². The summed E-state index contributed by atoms with van der Waals surface area (Å²) in [6.45, 7) is 0. The molecule has 1 N–H and O–H groups in total. The summed E-state index contributed by atoms with van der Waals surface area (Å²) in [7, 11) is 3.81. The van der Waals surface area contributed by atoms with Crippen molar-refractivity contribution >= 4 is 29.2 Å². The second-order valence-corrected chi connectivity index (χ2v) is 5.44. The number of hydrogen-bond acceptors (Lipinski definition) is 7. The van der Waals surface area contributed by atoms with Gasteiger partial charge in [-0.15, -0.1) is 0 Å². The number of nitrogens with one attached hydrogen (secondary N) is 1. The fraction of sp³-hybridized carbons (Fsp3) is 0.125. The van der Waals surface area contributed by atoms with Gasteiger partial charge in [0.1, 0.15) is 0 Å². The zero-order valence-corrected chi connectivity index (χ0v) is 13.9. The number of nitrogens with zero attached hydrogens (tertiary/aromatic N) is 4. The molecular weight excluding hydrogens is 342 g/mol. The lowest BCUT2D eigenvalue weighted by molar-refractivity contribution is -0.394. The van der Waals surface area contributed by atoms with Gasteiger partial charge in [0, 0.05) is 31.9 Å². The van der Waals surface area contributed by atoms with Crippen molar-refractivity contribution < 1.29 is 14.6 Å². The zero-order chi connectivity index (χ0) is 19.3. The Kier molecular flexibility index (Phi) is 5.58. The first-order chi connectivity index (χ1) is 12.3. The molecule has 0 fully saturated rings. The number of carbonyl (C=O) groups is 1. The van der Waals surface area contributed by atoms with E-state index in [2.05, 4.69) is 10.5 Å². The van der Waals surface area contributed by atoms with Crippen LogP contribution in [-0.4, -0.2) is 36.1 Å². The fourth-order valence-corrected chi connectivity index (χ4v) is 2.03. The highest BCUT2D eigenvalue weighted by Gasteiger charge is 2.19. The van der Waals surface area contributed by atoms with Crippen molar-refractivity contribution in [3.63, 3.8) is 0 Å². The molecule has 1 amide bonds. The minimum Gasteiger partial charge on any atom is -0.378 e. The van der Waals surface area contributed by atoms with Crippen LogP contribution in [0.3, 0.4) is 0 Å². The Hall–Kier alpha value is -3.82. The van der Waals surface area contributed by atoms with E-state index in [-0.39, 0.29) is 5.56 Å². The first kappa shape index (κ1) is 18.5. The summed E-state index contributed by atoms with van der Waals surface area (Å²) in [6.07, 6.45) is 1.39. The number of hydrazone groups is 1. The van der Waals surface area contributed by atoms with Crippen molar-refractivity contribution in [3.8, 4) is 0 Å². The molecule has 2 aromatic carbocycles. The molecule has 0 aromatic heterocycles. The Labute approximate surface area is 148 Å². The minimum absolute atomic E-state index is 0.231. The molecule has 2 rings (SSSR count). The van der Waals surface area contributed by atoms with Gasteiger partial charge in [0.25, 0.3) is 17.3 Å². The van der Waals surface area contributed by atoms with E-state index in [4.69, 9.17) is 0 Å². The van der Waals surface area contributed by atoms with E-state index in [1.807, 2.05) is 31.1 Å². The molecule has 134 valence electrons. The standard InChI is InChI=1S/C16H15N5O5/c1-19(2)13-5-3-11(4-6-13)10-17-18-16(22)12-7-14(20(23)24)9-15(8-12)21(25)26/h3-10H,1-2H3,(H,18,22)/b17-10-. The molecule has 0 radical (unpaired) electrons. The molecule has 10 heteroatoms. The Morgan fingerprint density at radius 1 is 1.04 bits per heavy atom. The van der Waals surface area contributed by atoms with Gasteiger partial charge in [-0.1, -0.05) is 12.1 Å². The van der Waals surface area contributed by atoms with E-state index in [0.29, 0.717) is 0 Å². The van der Waals surface area contributed by atoms with Crippen LogP contribution in [0.2, 0.25) is 0 Å². The second-order valence-electron chi connectivity index (χ2n) is 5.44. The van der Waals surface area contributed by atoms with Crippen molar-refractivity contribution in [2.24, 2.45) is 5.10 Å². The Balaban J connectivity index is 2.14. The molecule has 0 aliphatic carbocycles. The van der Waals surface area contributed by atoms with Gasteiger partial charge in [0.15, 0.2) is 0 Å². The SMILES string of the molecule is CN(C)c1ccc(/C=N\NC(=O)c2cc([N+](=O)[O-])cc([N+](=O)[O-])c2)cc1. The van der Waals surface area contributed by atoms with Gasteiger partial charge in [-0.25, -0.2) is 5.43 Å². The normalized spacial score (nSPS) is 10.5. The predicted molar refractivity (Wildman–Crippen MR) is 95.6 cm³/mol. The smallest absolute Gasteiger partial charge is 0.277 e. The molecular formula is C16H15N5O5. The van der Waals surface area contributed by atoms with E-state index in [1.165, 1.54) is 6.21 Å². The maximum atomic E-state index is 12.1. The van der Waals surface area contributed by atoms with Gasteiger partial charge in [0.05, 0.1) is 27.7 Å². The highest BCUT2D eigenvalue weighted by molar-refractivity contribution is 5.96. The molecule has 0 saturated carbocycles. The zero-order valence-electron chi connectivity index (χ0n) is 13.9. The van der Waals surface area contributed by atoms with Crippen LogP contribution in [0.25, 0.3) is 0 Å². The average Bonchev–Trinajstić information content (AvgIpc) is 2.61. The van der Waals surface area contributed by atoms with Crippen LogP contribution < -0.4 is 10.3 Å². The summed E-state index contributed by atoms with van der Waals surface area (Å²) in [5.41, 5.74) is 2.58. The Morgan fingerprint density at radius 3 is 2.04 bits per heavy atom. The molecule has 0 aliphatic rings. The molecule has 0 saturated heterocycles. The molecule has 26 heavy (non-hydrogen) atoms. The summed E-state index contributed by atoms with van der Waals surface area (Å²) in [5, 5.41) is 25.4. The van der Waals surface area contributed by atoms with Crippen LogP contribution in [-0.2, 0) is 0 Å². The number of benzene rings is 2. The molecule has 0 heterocycles. The first-order valence-electron chi connectivity index (χ1n) is 7.32. The number of rotatable bonds is 6. The van der Waals surface area contributed by atoms with Gasteiger partial charge in [-0.3, -0.25) is 25.0 Å². The van der Waals surface area contributed by atoms with E-state index in [0.717, 1.165) is 29.4 Å². The van der Waals surface area contributed by atoms with Crippen LogP contribution in [0.1, 0.15) is 15.9 Å². The predicted octanol–water partition coefficient (Wildman–Crippen LogP) is 2.33. The summed E-state index contributed by atoms with van der Waals surface area (Å²) in [4.78, 5) is 34.1. The molecule has 0 bridgehead atoms. The number of nitro benzene ring substituents is 2. The Bertz CT molecular complexity index is 845. The molecule has 2 aromatic rings. The highest BCUT2D eigenvalue weighted by Crippen LogP contribution is 2.22. The van der Waals surface area contributed by atoms with Gasteiger partial charge >= 0.3 is 0 Å². The van der Waals surface area contributed by atoms with Crippen molar-refractivity contribution in [2.45, 2.75) is 0 Å². The van der Waals surface area contributed by atoms with Gasteiger partial charge in [0.2, 0.25) is 0 Å². The third-order valence-electron chi connectivity index (χ3n) is 3.38. The van der Waals surface area contributed by atoms with E-state index in [9.17, 15) is 25.0 Å². The molecule has 0 unspecified atom stereocenters. The van der Waals surface area contributed by atoms with Crippen LogP contribution in [0, 0.1) is 20.2 Å². The number of amides is 1. The summed E-state index contributed by atoms with van der Waals surface area (Å²) in [6, 6.07) is 10.0. The fourth-order valence-electron chi connectivity index (χ4n) is 2.03. The van der Waals surface area contributed by atoms with Crippen LogP contribution >= 0.6 is 0 Å². The van der Waals surface area contributed by atoms with Crippen LogP contribution in [0.4, 0.5) is 17.1 Å². The van der Waals surface area contributed by atoms with Crippen LogP contribution in [0.15, 0.2) is 47.6 Å². The van der Waals surface area contributed by atoms with Crippen molar-refractivity contribution in [1.29, 1.82) is 0 Å².